The minimum atomic E-state index is -3.65. The molecule has 194 valence electrons. The average Bonchev–Trinajstić information content (AvgIpc) is 2.87. The van der Waals surface area contributed by atoms with E-state index < -0.39 is 21.6 Å². The molecule has 0 spiro atoms. The maximum Gasteiger partial charge on any atom is 0.260 e. The Hall–Kier alpha value is -3.63. The monoisotopic (exact) mass is 544 g/mol. The molecule has 3 aromatic rings. The number of piperazine rings is 1. The van der Waals surface area contributed by atoms with Gasteiger partial charge in [-0.2, -0.15) is 0 Å². The van der Waals surface area contributed by atoms with Crippen molar-refractivity contribution in [2.75, 3.05) is 54.5 Å². The third-order valence-electron chi connectivity index (χ3n) is 6.14. The smallest absolute Gasteiger partial charge is 0.260 e. The molecule has 11 heteroatoms. The van der Waals surface area contributed by atoms with Gasteiger partial charge in [-0.3, -0.25) is 14.5 Å². The molecule has 1 heterocycles. The average molecular weight is 545 g/mol. The summed E-state index contributed by atoms with van der Waals surface area (Å²) in [7, 11) is -3.65. The second-order valence-corrected chi connectivity index (χ2v) is 11.1. The fraction of sp³-hybridized carbons (Fsp3) is 0.231. The highest BCUT2D eigenvalue weighted by Gasteiger charge is 2.28. The summed E-state index contributed by atoms with van der Waals surface area (Å²) in [6.07, 6.45) is 1.04. The molecule has 4 rings (SSSR count). The van der Waals surface area contributed by atoms with Gasteiger partial charge < -0.3 is 15.5 Å². The summed E-state index contributed by atoms with van der Waals surface area (Å²) >= 11 is 5.98. The molecule has 3 aromatic carbocycles. The Morgan fingerprint density at radius 3 is 2.30 bits per heavy atom. The second kappa shape index (κ2) is 10.8. The highest BCUT2D eigenvalue weighted by Crippen LogP contribution is 2.28. The molecular formula is C26H26ClFN4O4S. The van der Waals surface area contributed by atoms with E-state index in [0.717, 1.165) is 12.3 Å². The number of hydrogen-bond donors (Lipinski definition) is 1. The second-order valence-electron chi connectivity index (χ2n) is 8.71. The summed E-state index contributed by atoms with van der Waals surface area (Å²) in [5, 5.41) is 0.398. The first-order chi connectivity index (χ1) is 17.5. The first-order valence-corrected chi connectivity index (χ1v) is 13.8. The van der Waals surface area contributed by atoms with Gasteiger partial charge in [-0.1, -0.05) is 29.8 Å². The van der Waals surface area contributed by atoms with Crippen LogP contribution in [0.15, 0.2) is 71.6 Å². The van der Waals surface area contributed by atoms with Crippen molar-refractivity contribution in [3.05, 3.63) is 83.1 Å². The number of halogens is 2. The van der Waals surface area contributed by atoms with E-state index in [1.165, 1.54) is 29.2 Å². The fourth-order valence-electron chi connectivity index (χ4n) is 4.24. The largest absolute Gasteiger partial charge is 0.398 e. The van der Waals surface area contributed by atoms with Gasteiger partial charge in [0.1, 0.15) is 12.4 Å². The normalized spacial score (nSPS) is 13.9. The minimum absolute atomic E-state index is 0.0892. The SMILES string of the molecule is CS(=O)(=O)c1cc(F)ccc1N1CCN(C(=O)CN(C(=O)c2ccc(Cl)cc2N)c2ccccc2)CC1. The molecule has 1 fully saturated rings. The van der Waals surface area contributed by atoms with Crippen LogP contribution in [0.4, 0.5) is 21.5 Å². The van der Waals surface area contributed by atoms with E-state index in [-0.39, 0.29) is 28.6 Å². The number of anilines is 3. The van der Waals surface area contributed by atoms with Crippen LogP contribution in [0.2, 0.25) is 5.02 Å². The molecule has 0 aliphatic carbocycles. The zero-order valence-electron chi connectivity index (χ0n) is 20.1. The number of carbonyl (C=O) groups excluding carboxylic acids is 2. The number of nitrogen functional groups attached to an aromatic ring is 1. The lowest BCUT2D eigenvalue weighted by Crippen LogP contribution is -2.52. The molecule has 0 atom stereocenters. The van der Waals surface area contributed by atoms with Crippen molar-refractivity contribution in [2.45, 2.75) is 4.90 Å². The predicted octanol–water partition coefficient (Wildman–Crippen LogP) is 3.46. The minimum Gasteiger partial charge on any atom is -0.398 e. The van der Waals surface area contributed by atoms with Crippen molar-refractivity contribution in [2.24, 2.45) is 0 Å². The number of para-hydroxylation sites is 1. The summed E-state index contributed by atoms with van der Waals surface area (Å²) in [5.74, 6) is -1.34. The van der Waals surface area contributed by atoms with E-state index in [4.69, 9.17) is 17.3 Å². The Bertz CT molecular complexity index is 1430. The number of carbonyl (C=O) groups is 2. The van der Waals surface area contributed by atoms with Crippen LogP contribution in [0.25, 0.3) is 0 Å². The van der Waals surface area contributed by atoms with Crippen LogP contribution < -0.4 is 15.5 Å². The molecule has 2 amide bonds. The number of benzene rings is 3. The summed E-state index contributed by atoms with van der Waals surface area (Å²) in [6, 6.07) is 17.1. The predicted molar refractivity (Wildman–Crippen MR) is 142 cm³/mol. The molecule has 1 saturated heterocycles. The first-order valence-electron chi connectivity index (χ1n) is 11.5. The molecule has 0 aromatic heterocycles. The van der Waals surface area contributed by atoms with E-state index in [2.05, 4.69) is 0 Å². The van der Waals surface area contributed by atoms with E-state index >= 15 is 0 Å². The molecular weight excluding hydrogens is 519 g/mol. The Morgan fingerprint density at radius 1 is 1.00 bits per heavy atom. The van der Waals surface area contributed by atoms with E-state index in [1.54, 1.807) is 35.2 Å². The van der Waals surface area contributed by atoms with Gasteiger partial charge in [0.05, 0.1) is 16.1 Å². The Morgan fingerprint density at radius 2 is 1.68 bits per heavy atom. The molecule has 2 N–H and O–H groups in total. The summed E-state index contributed by atoms with van der Waals surface area (Å²) in [6.45, 7) is 1.10. The van der Waals surface area contributed by atoms with Crippen molar-refractivity contribution in [3.63, 3.8) is 0 Å². The van der Waals surface area contributed by atoms with Gasteiger partial charge in [-0.05, 0) is 48.5 Å². The van der Waals surface area contributed by atoms with Crippen LogP contribution in [0.1, 0.15) is 10.4 Å². The highest BCUT2D eigenvalue weighted by molar-refractivity contribution is 7.90. The third kappa shape index (κ3) is 6.03. The van der Waals surface area contributed by atoms with E-state index in [9.17, 15) is 22.4 Å². The topological polar surface area (TPSA) is 104 Å². The van der Waals surface area contributed by atoms with Crippen LogP contribution in [0.5, 0.6) is 0 Å². The molecule has 37 heavy (non-hydrogen) atoms. The lowest BCUT2D eigenvalue weighted by molar-refractivity contribution is -0.129. The van der Waals surface area contributed by atoms with Gasteiger partial charge >= 0.3 is 0 Å². The quantitative estimate of drug-likeness (QED) is 0.477. The third-order valence-corrected chi connectivity index (χ3v) is 7.51. The number of sulfone groups is 1. The van der Waals surface area contributed by atoms with Gasteiger partial charge in [0, 0.05) is 48.8 Å². The van der Waals surface area contributed by atoms with Crippen LogP contribution in [-0.2, 0) is 14.6 Å². The number of amides is 2. The molecule has 0 bridgehead atoms. The van der Waals surface area contributed by atoms with Gasteiger partial charge in [0.15, 0.2) is 9.84 Å². The number of rotatable bonds is 6. The summed E-state index contributed by atoms with van der Waals surface area (Å²) in [5.41, 5.74) is 7.41. The molecule has 0 radical (unpaired) electrons. The van der Waals surface area contributed by atoms with Crippen molar-refractivity contribution in [1.29, 1.82) is 0 Å². The number of hydrogen-bond acceptors (Lipinski definition) is 6. The molecule has 8 nitrogen and oxygen atoms in total. The van der Waals surface area contributed by atoms with Crippen molar-refractivity contribution < 1.29 is 22.4 Å². The molecule has 0 saturated carbocycles. The van der Waals surface area contributed by atoms with Crippen LogP contribution in [0, 0.1) is 5.82 Å². The number of nitrogens with zero attached hydrogens (tertiary/aromatic N) is 3. The summed E-state index contributed by atoms with van der Waals surface area (Å²) < 4.78 is 38.1. The van der Waals surface area contributed by atoms with Gasteiger partial charge in [-0.15, -0.1) is 0 Å². The van der Waals surface area contributed by atoms with Gasteiger partial charge in [0.25, 0.3) is 5.91 Å². The Balaban J connectivity index is 1.51. The van der Waals surface area contributed by atoms with Crippen LogP contribution in [0.3, 0.4) is 0 Å². The Kier molecular flexibility index (Phi) is 7.70. The van der Waals surface area contributed by atoms with Gasteiger partial charge in [0.2, 0.25) is 5.91 Å². The molecule has 0 unspecified atom stereocenters. The van der Waals surface area contributed by atoms with Crippen molar-refractivity contribution in [1.82, 2.24) is 4.90 Å². The molecule has 1 aliphatic heterocycles. The Labute approximate surface area is 219 Å². The van der Waals surface area contributed by atoms with Crippen LogP contribution >= 0.6 is 11.6 Å². The highest BCUT2D eigenvalue weighted by atomic mass is 35.5. The number of nitrogens with two attached hydrogens (primary N) is 1. The maximum atomic E-state index is 13.7. The maximum absolute atomic E-state index is 13.7. The fourth-order valence-corrected chi connectivity index (χ4v) is 5.32. The standard InChI is InChI=1S/C26H26ClFN4O4S/c1-37(35,36)24-16-19(28)8-10-23(24)30-11-13-31(14-12-30)25(33)17-32(20-5-3-2-4-6-20)26(34)21-9-7-18(27)15-22(21)29/h2-10,15-16H,11-14,17,29H2,1H3. The van der Waals surface area contributed by atoms with E-state index in [0.29, 0.717) is 42.6 Å². The lowest BCUT2D eigenvalue weighted by Gasteiger charge is -2.37. The van der Waals surface area contributed by atoms with Crippen molar-refractivity contribution in [3.8, 4) is 0 Å². The van der Waals surface area contributed by atoms with E-state index in [1.807, 2.05) is 11.0 Å². The van der Waals surface area contributed by atoms with Crippen molar-refractivity contribution >= 4 is 50.3 Å². The van der Waals surface area contributed by atoms with Gasteiger partial charge in [-0.25, -0.2) is 12.8 Å². The summed E-state index contributed by atoms with van der Waals surface area (Å²) in [4.78, 5) is 31.4. The lowest BCUT2D eigenvalue weighted by atomic mass is 10.1. The first kappa shape index (κ1) is 26.4. The zero-order chi connectivity index (χ0) is 26.7. The molecule has 1 aliphatic rings. The van der Waals surface area contributed by atoms with Crippen LogP contribution in [-0.4, -0.2) is 64.1 Å². The zero-order valence-corrected chi connectivity index (χ0v) is 21.7.